The van der Waals surface area contributed by atoms with Gasteiger partial charge in [0.25, 0.3) is 5.91 Å². The number of carbonyl (C=O) groups is 1. The van der Waals surface area contributed by atoms with Crippen LogP contribution < -0.4 is 5.32 Å². The van der Waals surface area contributed by atoms with Gasteiger partial charge in [0.1, 0.15) is 5.75 Å². The first-order chi connectivity index (χ1) is 8.75. The first-order valence-corrected chi connectivity index (χ1v) is 6.51. The Balaban J connectivity index is 1.79. The number of rotatable bonds is 4. The molecule has 1 aliphatic carbocycles. The van der Waals surface area contributed by atoms with Crippen LogP contribution in [0.2, 0.25) is 0 Å². The smallest absolute Gasteiger partial charge is 0.251 e. The summed E-state index contributed by atoms with van der Waals surface area (Å²) < 4.78 is 0. The van der Waals surface area contributed by atoms with Crippen molar-refractivity contribution in [2.75, 3.05) is 6.54 Å². The van der Waals surface area contributed by atoms with Crippen LogP contribution in [0.15, 0.2) is 35.9 Å². The SMILES string of the molecule is O=C(NCCC1=CCCCC1)c1cccc(O)c1. The molecule has 0 saturated carbocycles. The molecule has 3 heteroatoms. The van der Waals surface area contributed by atoms with E-state index in [9.17, 15) is 9.90 Å². The Morgan fingerprint density at radius 1 is 1.33 bits per heavy atom. The highest BCUT2D eigenvalue weighted by molar-refractivity contribution is 5.94. The molecule has 1 aliphatic rings. The van der Waals surface area contributed by atoms with Crippen molar-refractivity contribution in [3.63, 3.8) is 0 Å². The number of carbonyl (C=O) groups excluding carboxylic acids is 1. The molecule has 0 bridgehead atoms. The van der Waals surface area contributed by atoms with Crippen LogP contribution >= 0.6 is 0 Å². The average molecular weight is 245 g/mol. The van der Waals surface area contributed by atoms with Gasteiger partial charge in [-0.15, -0.1) is 0 Å². The maximum Gasteiger partial charge on any atom is 0.251 e. The number of amides is 1. The van der Waals surface area contributed by atoms with E-state index < -0.39 is 0 Å². The molecule has 1 aromatic carbocycles. The Morgan fingerprint density at radius 3 is 2.94 bits per heavy atom. The maximum atomic E-state index is 11.8. The zero-order chi connectivity index (χ0) is 12.8. The molecule has 1 aromatic rings. The van der Waals surface area contributed by atoms with Gasteiger partial charge >= 0.3 is 0 Å². The molecule has 96 valence electrons. The predicted octanol–water partition coefficient (Wildman–Crippen LogP) is 3.01. The lowest BCUT2D eigenvalue weighted by molar-refractivity contribution is 0.0953. The number of phenols is 1. The summed E-state index contributed by atoms with van der Waals surface area (Å²) in [5.74, 6) is -0.0000479. The van der Waals surface area contributed by atoms with Crippen molar-refractivity contribution in [1.29, 1.82) is 0 Å². The summed E-state index contributed by atoms with van der Waals surface area (Å²) in [4.78, 5) is 11.8. The predicted molar refractivity (Wildman–Crippen MR) is 71.6 cm³/mol. The first-order valence-electron chi connectivity index (χ1n) is 6.51. The summed E-state index contributed by atoms with van der Waals surface area (Å²) in [6.45, 7) is 0.667. The highest BCUT2D eigenvalue weighted by Crippen LogP contribution is 2.19. The fraction of sp³-hybridized carbons (Fsp3) is 0.400. The van der Waals surface area contributed by atoms with Crippen LogP contribution in [0.4, 0.5) is 0 Å². The first kappa shape index (κ1) is 12.7. The lowest BCUT2D eigenvalue weighted by Crippen LogP contribution is -2.24. The quantitative estimate of drug-likeness (QED) is 0.801. The second-order valence-electron chi connectivity index (χ2n) is 4.66. The molecule has 0 unspecified atom stereocenters. The molecule has 0 spiro atoms. The number of benzene rings is 1. The van der Waals surface area contributed by atoms with Gasteiger partial charge in [-0.3, -0.25) is 4.79 Å². The van der Waals surface area contributed by atoms with E-state index in [0.717, 1.165) is 6.42 Å². The van der Waals surface area contributed by atoms with Crippen molar-refractivity contribution in [3.05, 3.63) is 41.5 Å². The minimum Gasteiger partial charge on any atom is -0.508 e. The van der Waals surface area contributed by atoms with Gasteiger partial charge in [-0.2, -0.15) is 0 Å². The summed E-state index contributed by atoms with van der Waals surface area (Å²) in [5.41, 5.74) is 1.96. The fourth-order valence-corrected chi connectivity index (χ4v) is 2.22. The molecule has 0 radical (unpaired) electrons. The van der Waals surface area contributed by atoms with E-state index in [1.165, 1.54) is 37.3 Å². The molecule has 0 aromatic heterocycles. The normalized spacial score (nSPS) is 15.0. The number of hydrogen-bond acceptors (Lipinski definition) is 2. The summed E-state index contributed by atoms with van der Waals surface area (Å²) in [5, 5.41) is 12.2. The highest BCUT2D eigenvalue weighted by atomic mass is 16.3. The van der Waals surface area contributed by atoms with Crippen molar-refractivity contribution < 1.29 is 9.90 Å². The third-order valence-corrected chi connectivity index (χ3v) is 3.23. The fourth-order valence-electron chi connectivity index (χ4n) is 2.22. The van der Waals surface area contributed by atoms with Gasteiger partial charge in [-0.25, -0.2) is 0 Å². The zero-order valence-corrected chi connectivity index (χ0v) is 10.5. The van der Waals surface area contributed by atoms with Crippen molar-refractivity contribution in [3.8, 4) is 5.75 Å². The summed E-state index contributed by atoms with van der Waals surface area (Å²) in [6, 6.07) is 6.42. The molecule has 0 saturated heterocycles. The monoisotopic (exact) mass is 245 g/mol. The van der Waals surface area contributed by atoms with Crippen LogP contribution in [-0.4, -0.2) is 17.6 Å². The van der Waals surface area contributed by atoms with Crippen LogP contribution in [0.25, 0.3) is 0 Å². The second-order valence-corrected chi connectivity index (χ2v) is 4.66. The van der Waals surface area contributed by atoms with Crippen LogP contribution in [0.5, 0.6) is 5.75 Å². The molecule has 0 heterocycles. The summed E-state index contributed by atoms with van der Waals surface area (Å²) in [6.07, 6.45) is 8.14. The maximum absolute atomic E-state index is 11.8. The lowest BCUT2D eigenvalue weighted by atomic mass is 9.97. The second kappa shape index (κ2) is 6.24. The van der Waals surface area contributed by atoms with Crippen molar-refractivity contribution in [2.24, 2.45) is 0 Å². The van der Waals surface area contributed by atoms with E-state index >= 15 is 0 Å². The molecular weight excluding hydrogens is 226 g/mol. The van der Waals surface area contributed by atoms with Gasteiger partial charge in [0, 0.05) is 12.1 Å². The van der Waals surface area contributed by atoms with E-state index in [1.54, 1.807) is 18.2 Å². The Morgan fingerprint density at radius 2 is 2.22 bits per heavy atom. The van der Waals surface area contributed by atoms with Gasteiger partial charge in [0.05, 0.1) is 0 Å². The molecule has 18 heavy (non-hydrogen) atoms. The summed E-state index contributed by atoms with van der Waals surface area (Å²) >= 11 is 0. The molecule has 1 amide bonds. The molecule has 2 rings (SSSR count). The highest BCUT2D eigenvalue weighted by Gasteiger charge is 2.07. The molecule has 0 fully saturated rings. The number of phenolic OH excluding ortho intramolecular Hbond substituents is 1. The Kier molecular flexibility index (Phi) is 4.40. The van der Waals surface area contributed by atoms with E-state index in [2.05, 4.69) is 11.4 Å². The van der Waals surface area contributed by atoms with Gasteiger partial charge in [-0.1, -0.05) is 17.7 Å². The number of nitrogens with one attached hydrogen (secondary N) is 1. The van der Waals surface area contributed by atoms with E-state index in [0.29, 0.717) is 12.1 Å². The molecule has 0 aliphatic heterocycles. The Labute approximate surface area is 108 Å². The number of allylic oxidation sites excluding steroid dienone is 1. The zero-order valence-electron chi connectivity index (χ0n) is 10.5. The minimum atomic E-state index is -0.123. The van der Waals surface area contributed by atoms with Gasteiger partial charge in [0.2, 0.25) is 0 Å². The van der Waals surface area contributed by atoms with E-state index in [-0.39, 0.29) is 11.7 Å². The third-order valence-electron chi connectivity index (χ3n) is 3.23. The van der Waals surface area contributed by atoms with Crippen LogP contribution in [0, 0.1) is 0 Å². The standard InChI is InChI=1S/C15H19NO2/c17-14-8-4-7-13(11-14)15(18)16-10-9-12-5-2-1-3-6-12/h4-5,7-8,11,17H,1-3,6,9-10H2,(H,16,18). The largest absolute Gasteiger partial charge is 0.508 e. The molecular formula is C15H19NO2. The molecule has 0 atom stereocenters. The van der Waals surface area contributed by atoms with Crippen LogP contribution in [-0.2, 0) is 0 Å². The Bertz CT molecular complexity index is 452. The van der Waals surface area contributed by atoms with Crippen molar-refractivity contribution in [1.82, 2.24) is 5.32 Å². The molecule has 2 N–H and O–H groups in total. The minimum absolute atomic E-state index is 0.123. The van der Waals surface area contributed by atoms with Gasteiger partial charge < -0.3 is 10.4 Å². The topological polar surface area (TPSA) is 49.3 Å². The van der Waals surface area contributed by atoms with Crippen LogP contribution in [0.1, 0.15) is 42.5 Å². The van der Waals surface area contributed by atoms with Crippen molar-refractivity contribution in [2.45, 2.75) is 32.1 Å². The lowest BCUT2D eigenvalue weighted by Gasteiger charge is -2.13. The van der Waals surface area contributed by atoms with Crippen molar-refractivity contribution >= 4 is 5.91 Å². The molecule has 3 nitrogen and oxygen atoms in total. The van der Waals surface area contributed by atoms with E-state index in [4.69, 9.17) is 0 Å². The van der Waals surface area contributed by atoms with Gasteiger partial charge in [-0.05, 0) is 50.3 Å². The number of hydrogen-bond donors (Lipinski definition) is 2. The van der Waals surface area contributed by atoms with Gasteiger partial charge in [0.15, 0.2) is 0 Å². The third kappa shape index (κ3) is 3.62. The Hall–Kier alpha value is -1.77. The number of aromatic hydroxyl groups is 1. The average Bonchev–Trinajstić information content (AvgIpc) is 2.40. The van der Waals surface area contributed by atoms with Crippen LogP contribution in [0.3, 0.4) is 0 Å². The van der Waals surface area contributed by atoms with E-state index in [1.807, 2.05) is 0 Å². The summed E-state index contributed by atoms with van der Waals surface area (Å²) in [7, 11) is 0.